The van der Waals surface area contributed by atoms with Gasteiger partial charge < -0.3 is 4.57 Å². The zero-order valence-electron chi connectivity index (χ0n) is 12.0. The highest BCUT2D eigenvalue weighted by Gasteiger charge is 2.29. The van der Waals surface area contributed by atoms with Crippen molar-refractivity contribution in [1.29, 1.82) is 0 Å². The fraction of sp³-hybridized carbons (Fsp3) is 0.643. The van der Waals surface area contributed by atoms with Crippen molar-refractivity contribution in [2.75, 3.05) is 5.33 Å². The van der Waals surface area contributed by atoms with Gasteiger partial charge in [0.05, 0.1) is 4.92 Å². The lowest BCUT2D eigenvalue weighted by Crippen LogP contribution is -2.34. The van der Waals surface area contributed by atoms with Crippen LogP contribution in [0.3, 0.4) is 0 Å². The van der Waals surface area contributed by atoms with Crippen molar-refractivity contribution in [2.45, 2.75) is 46.1 Å². The van der Waals surface area contributed by atoms with Crippen LogP contribution in [0.5, 0.6) is 0 Å². The molecule has 0 bridgehead atoms. The molecule has 0 spiro atoms. The summed E-state index contributed by atoms with van der Waals surface area (Å²) in [6.45, 7) is 4.74. The minimum Gasteiger partial charge on any atom is -0.309 e. The molecular weight excluding hydrogens is 324 g/mol. The molecule has 0 aliphatic carbocycles. The molecule has 0 saturated heterocycles. The van der Waals surface area contributed by atoms with Gasteiger partial charge in [-0.3, -0.25) is 14.9 Å². The van der Waals surface area contributed by atoms with Gasteiger partial charge in [-0.1, -0.05) is 42.6 Å². The third-order valence-electron chi connectivity index (χ3n) is 3.55. The van der Waals surface area contributed by atoms with E-state index < -0.39 is 10.5 Å². The Kier molecular flexibility index (Phi) is 6.39. The first-order valence-electron chi connectivity index (χ1n) is 6.89. The molecule has 1 rings (SSSR count). The maximum Gasteiger partial charge on any atom is 0.334 e. The molecule has 0 aromatic carbocycles. The zero-order chi connectivity index (χ0) is 15.2. The summed E-state index contributed by atoms with van der Waals surface area (Å²) in [5, 5.41) is 11.6. The van der Waals surface area contributed by atoms with Crippen LogP contribution in [0.1, 0.15) is 39.5 Å². The number of nitrogens with zero attached hydrogens (tertiary/aromatic N) is 2. The zero-order valence-corrected chi connectivity index (χ0v) is 13.6. The van der Waals surface area contributed by atoms with Gasteiger partial charge in [-0.15, -0.1) is 0 Å². The van der Waals surface area contributed by atoms with Crippen molar-refractivity contribution in [1.82, 2.24) is 4.57 Å². The highest BCUT2D eigenvalue weighted by molar-refractivity contribution is 9.09. The summed E-state index contributed by atoms with van der Waals surface area (Å²) in [5.41, 5.74) is -0.901. The van der Waals surface area contributed by atoms with Crippen molar-refractivity contribution >= 4 is 21.6 Å². The Bertz CT molecular complexity index is 507. The van der Waals surface area contributed by atoms with E-state index in [0.717, 1.165) is 31.0 Å². The summed E-state index contributed by atoms with van der Waals surface area (Å²) in [6, 6.07) is 2.82. The number of hydrogen-bond donors (Lipinski definition) is 0. The molecule has 0 aliphatic heterocycles. The predicted octanol–water partition coefficient (Wildman–Crippen LogP) is 3.74. The van der Waals surface area contributed by atoms with Gasteiger partial charge in [0.2, 0.25) is 0 Å². The molecule has 0 aliphatic rings. The average Bonchev–Trinajstić information content (AvgIpc) is 2.41. The van der Waals surface area contributed by atoms with Crippen molar-refractivity contribution < 1.29 is 4.92 Å². The van der Waals surface area contributed by atoms with Crippen molar-refractivity contribution in [3.63, 3.8) is 0 Å². The predicted molar refractivity (Wildman–Crippen MR) is 83.4 cm³/mol. The number of halogens is 1. The number of pyridine rings is 1. The molecule has 0 amide bonds. The average molecular weight is 345 g/mol. The summed E-state index contributed by atoms with van der Waals surface area (Å²) < 4.78 is 1.48. The second-order valence-corrected chi connectivity index (χ2v) is 5.78. The van der Waals surface area contributed by atoms with Crippen LogP contribution in [0.2, 0.25) is 0 Å². The molecule has 0 atom stereocenters. The van der Waals surface area contributed by atoms with Crippen LogP contribution in [0.4, 0.5) is 5.69 Å². The van der Waals surface area contributed by atoms with Gasteiger partial charge in [0.1, 0.15) is 0 Å². The number of hydrogen-bond acceptors (Lipinski definition) is 3. The normalized spacial score (nSPS) is 11.6. The van der Waals surface area contributed by atoms with Gasteiger partial charge in [0.15, 0.2) is 0 Å². The molecule has 1 heterocycles. The minimum absolute atomic E-state index is 0.0252. The second-order valence-electron chi connectivity index (χ2n) is 5.22. The molecule has 5 nitrogen and oxygen atoms in total. The Hall–Kier alpha value is -1.17. The van der Waals surface area contributed by atoms with E-state index in [1.165, 1.54) is 10.6 Å². The first kappa shape index (κ1) is 16.9. The summed E-state index contributed by atoms with van der Waals surface area (Å²) in [4.78, 5) is 22.3. The van der Waals surface area contributed by atoms with E-state index in [1.54, 1.807) is 12.3 Å². The molecule has 20 heavy (non-hydrogen) atoms. The van der Waals surface area contributed by atoms with Crippen LogP contribution < -0.4 is 5.56 Å². The van der Waals surface area contributed by atoms with Crippen LogP contribution in [0.25, 0.3) is 0 Å². The monoisotopic (exact) mass is 344 g/mol. The lowest BCUT2D eigenvalue weighted by atomic mass is 9.81. The van der Waals surface area contributed by atoms with Crippen LogP contribution in [-0.2, 0) is 6.54 Å². The molecule has 6 heteroatoms. The maximum absolute atomic E-state index is 12.1. The Balaban J connectivity index is 3.14. The van der Waals surface area contributed by atoms with Gasteiger partial charge >= 0.3 is 11.2 Å². The lowest BCUT2D eigenvalue weighted by molar-refractivity contribution is -0.386. The van der Waals surface area contributed by atoms with E-state index in [1.807, 2.05) is 0 Å². The largest absolute Gasteiger partial charge is 0.334 e. The Morgan fingerprint density at radius 1 is 1.35 bits per heavy atom. The van der Waals surface area contributed by atoms with Crippen LogP contribution in [0.15, 0.2) is 23.1 Å². The van der Waals surface area contributed by atoms with E-state index in [9.17, 15) is 14.9 Å². The Morgan fingerprint density at radius 3 is 2.40 bits per heavy atom. The molecule has 1 aromatic heterocycles. The SMILES string of the molecule is CCCC(CBr)(CCC)Cn1cccc([N+](=O)[O-])c1=O. The Morgan fingerprint density at radius 2 is 1.95 bits per heavy atom. The van der Waals surface area contributed by atoms with E-state index >= 15 is 0 Å². The number of aromatic nitrogens is 1. The molecule has 0 fully saturated rings. The van der Waals surface area contributed by atoms with E-state index in [2.05, 4.69) is 29.8 Å². The van der Waals surface area contributed by atoms with Gasteiger partial charge in [-0.2, -0.15) is 0 Å². The molecule has 1 aromatic rings. The smallest absolute Gasteiger partial charge is 0.309 e. The molecule has 0 unspecified atom stereocenters. The van der Waals surface area contributed by atoms with E-state index in [4.69, 9.17) is 0 Å². The first-order valence-corrected chi connectivity index (χ1v) is 8.01. The molecule has 0 N–H and O–H groups in total. The minimum atomic E-state index is -0.617. The summed E-state index contributed by atoms with van der Waals surface area (Å²) in [5.74, 6) is 0. The van der Waals surface area contributed by atoms with Crippen LogP contribution in [0, 0.1) is 15.5 Å². The van der Waals surface area contributed by atoms with Crippen molar-refractivity contribution in [3.05, 3.63) is 38.8 Å². The van der Waals surface area contributed by atoms with E-state index in [0.29, 0.717) is 6.54 Å². The fourth-order valence-corrected chi connectivity index (χ4v) is 3.41. The summed E-state index contributed by atoms with van der Waals surface area (Å²) >= 11 is 3.56. The highest BCUT2D eigenvalue weighted by atomic mass is 79.9. The van der Waals surface area contributed by atoms with Crippen LogP contribution in [-0.4, -0.2) is 14.8 Å². The first-order chi connectivity index (χ1) is 9.49. The van der Waals surface area contributed by atoms with Gasteiger partial charge in [0.25, 0.3) is 0 Å². The van der Waals surface area contributed by atoms with E-state index in [-0.39, 0.29) is 11.1 Å². The topological polar surface area (TPSA) is 65.1 Å². The standard InChI is InChI=1S/C14H21BrN2O3/c1-3-7-14(10-15,8-4-2)11-16-9-5-6-12(13(16)18)17(19)20/h5-6,9H,3-4,7-8,10-11H2,1-2H3. The van der Waals surface area contributed by atoms with Crippen LogP contribution >= 0.6 is 15.9 Å². The molecular formula is C14H21BrN2O3. The van der Waals surface area contributed by atoms with Gasteiger partial charge in [-0.25, -0.2) is 0 Å². The second kappa shape index (κ2) is 7.57. The third-order valence-corrected chi connectivity index (χ3v) is 4.74. The highest BCUT2D eigenvalue weighted by Crippen LogP contribution is 2.33. The maximum atomic E-state index is 12.1. The Labute approximate surface area is 127 Å². The number of alkyl halides is 1. The molecule has 112 valence electrons. The van der Waals surface area contributed by atoms with Crippen molar-refractivity contribution in [2.24, 2.45) is 5.41 Å². The van der Waals surface area contributed by atoms with Gasteiger partial charge in [-0.05, 0) is 24.3 Å². The van der Waals surface area contributed by atoms with Gasteiger partial charge in [0, 0.05) is 24.1 Å². The molecule has 0 radical (unpaired) electrons. The fourth-order valence-electron chi connectivity index (χ4n) is 2.67. The number of rotatable bonds is 8. The summed E-state index contributed by atoms with van der Waals surface area (Å²) in [7, 11) is 0. The quantitative estimate of drug-likeness (QED) is 0.410. The molecule has 0 saturated carbocycles. The number of nitro groups is 1. The lowest BCUT2D eigenvalue weighted by Gasteiger charge is -2.32. The third kappa shape index (κ3) is 3.91. The summed E-state index contributed by atoms with van der Waals surface area (Å²) in [6.07, 6.45) is 5.66. The van der Waals surface area contributed by atoms with Crippen molar-refractivity contribution in [3.8, 4) is 0 Å².